The second-order valence-electron chi connectivity index (χ2n) is 9.67. The average molecular weight is 650 g/mol. The van der Waals surface area contributed by atoms with Gasteiger partial charge >= 0.3 is 21.1 Å². The van der Waals surface area contributed by atoms with Gasteiger partial charge < -0.3 is 22.8 Å². The molecule has 0 saturated carbocycles. The first kappa shape index (κ1) is 26.2. The van der Waals surface area contributed by atoms with Crippen molar-refractivity contribution in [2.24, 2.45) is 0 Å². The Kier molecular flexibility index (Phi) is 8.43. The van der Waals surface area contributed by atoms with Gasteiger partial charge in [0.15, 0.2) is 0 Å². The molecule has 0 radical (unpaired) electrons. The first-order valence-corrected chi connectivity index (χ1v) is 11.8. The monoisotopic (exact) mass is 649 g/mol. The molecule has 0 spiro atoms. The quantitative estimate of drug-likeness (QED) is 0.254. The second-order valence-corrected chi connectivity index (χ2v) is 10.1. The molecule has 0 saturated heterocycles. The molecule has 34 heavy (non-hydrogen) atoms. The molecule has 0 amide bonds. The fraction of sp³-hybridized carbons (Fsp3) is 0.321. The van der Waals surface area contributed by atoms with E-state index in [2.05, 4.69) is 61.1 Å². The predicted molar refractivity (Wildman–Crippen MR) is 135 cm³/mol. The fourth-order valence-corrected chi connectivity index (χ4v) is 4.50. The van der Waals surface area contributed by atoms with E-state index in [0.717, 1.165) is 46.2 Å². The molecule has 1 aliphatic carbocycles. The molecule has 0 N–H and O–H groups in total. The molecule has 0 fully saturated rings. The summed E-state index contributed by atoms with van der Waals surface area (Å²) in [4.78, 5) is 10.4. The molecule has 1 aliphatic rings. The van der Waals surface area contributed by atoms with Crippen LogP contribution in [-0.2, 0) is 50.9 Å². The Morgan fingerprint density at radius 2 is 1.62 bits per heavy atom. The van der Waals surface area contributed by atoms with Gasteiger partial charge in [-0.05, 0) is 62.9 Å². The van der Waals surface area contributed by atoms with Crippen molar-refractivity contribution in [2.45, 2.75) is 62.7 Å². The minimum absolute atomic E-state index is 0. The van der Waals surface area contributed by atoms with Crippen molar-refractivity contribution in [1.29, 1.82) is 0 Å². The van der Waals surface area contributed by atoms with Gasteiger partial charge in [-0.15, -0.1) is 0 Å². The number of nitrogens with zero attached hydrogens (tertiary/aromatic N) is 4. The van der Waals surface area contributed by atoms with Crippen molar-refractivity contribution in [2.75, 3.05) is 0 Å². The van der Waals surface area contributed by atoms with Crippen molar-refractivity contribution in [3.63, 3.8) is 0 Å². The molecule has 4 nitrogen and oxygen atoms in total. The molecule has 0 atom stereocenters. The molecule has 6 heteroatoms. The zero-order valence-corrected chi connectivity index (χ0v) is 23.2. The van der Waals surface area contributed by atoms with Gasteiger partial charge in [0.1, 0.15) is 0 Å². The van der Waals surface area contributed by atoms with Gasteiger partial charge in [-0.2, -0.15) is 4.90 Å². The molecule has 178 valence electrons. The largest absolute Gasteiger partial charge is 2.00 e. The number of hydrogen-bond donors (Lipinski definition) is 0. The number of rotatable bonds is 3. The molecular weight excluding hydrogens is 619 g/mol. The summed E-state index contributed by atoms with van der Waals surface area (Å²) in [7, 11) is 0. The number of benzene rings is 1. The van der Waals surface area contributed by atoms with E-state index in [-0.39, 0.29) is 31.9 Å². The van der Waals surface area contributed by atoms with Crippen LogP contribution in [0.15, 0.2) is 77.8 Å². The van der Waals surface area contributed by atoms with Crippen LogP contribution < -0.4 is 5.10 Å². The standard InChI is InChI=1S/C22H25N4.C6H6S.Pt/c1-21(2)13-8-9-15-19(25-26-20(15)21)16-10-7-12-18(24-16)22(3,4)17-11-5-6-14-23-17;7-6-4-2-1-3-5-6;/h5-7,10-12,14H,8-9,13H2,1-4H3;1-5,7H;/q-1;;+2/p-1. The molecule has 5 rings (SSSR count). The van der Waals surface area contributed by atoms with Gasteiger partial charge in [0, 0.05) is 22.7 Å². The molecule has 0 bridgehead atoms. The molecule has 0 aliphatic heterocycles. The van der Waals surface area contributed by atoms with Crippen LogP contribution in [-0.4, -0.2) is 15.1 Å². The van der Waals surface area contributed by atoms with E-state index in [0.29, 0.717) is 0 Å². The summed E-state index contributed by atoms with van der Waals surface area (Å²) in [5.74, 6) is 0. The van der Waals surface area contributed by atoms with E-state index >= 15 is 0 Å². The summed E-state index contributed by atoms with van der Waals surface area (Å²) in [5, 5.41) is 9.07. The Morgan fingerprint density at radius 1 is 0.912 bits per heavy atom. The molecule has 0 unspecified atom stereocenters. The maximum Gasteiger partial charge on any atom is 2.00 e. The van der Waals surface area contributed by atoms with E-state index in [4.69, 9.17) is 17.6 Å². The number of aromatic nitrogens is 4. The third-order valence-electron chi connectivity index (χ3n) is 6.37. The summed E-state index contributed by atoms with van der Waals surface area (Å²) >= 11 is 4.81. The fourth-order valence-electron chi connectivity index (χ4n) is 4.34. The van der Waals surface area contributed by atoms with Crippen molar-refractivity contribution in [3.8, 4) is 11.4 Å². The number of fused-ring (bicyclic) bond motifs is 1. The van der Waals surface area contributed by atoms with Crippen LogP contribution in [0.3, 0.4) is 0 Å². The van der Waals surface area contributed by atoms with Crippen molar-refractivity contribution < 1.29 is 21.1 Å². The third-order valence-corrected chi connectivity index (χ3v) is 6.64. The van der Waals surface area contributed by atoms with Crippen LogP contribution in [0.4, 0.5) is 0 Å². The summed E-state index contributed by atoms with van der Waals surface area (Å²) in [6, 6.07) is 21.8. The maximum atomic E-state index is 4.98. The predicted octanol–water partition coefficient (Wildman–Crippen LogP) is 6.03. The van der Waals surface area contributed by atoms with Crippen LogP contribution in [0.2, 0.25) is 0 Å². The summed E-state index contributed by atoms with van der Waals surface area (Å²) in [6.45, 7) is 8.85. The van der Waals surface area contributed by atoms with Crippen LogP contribution in [0.1, 0.15) is 63.2 Å². The van der Waals surface area contributed by atoms with Crippen molar-refractivity contribution in [1.82, 2.24) is 20.2 Å². The van der Waals surface area contributed by atoms with E-state index < -0.39 is 0 Å². The molecular formula is C28H30N4PtS. The molecule has 1 aromatic carbocycles. The average Bonchev–Trinajstić information content (AvgIpc) is 3.26. The number of pyridine rings is 2. The Morgan fingerprint density at radius 3 is 2.26 bits per heavy atom. The topological polar surface area (TPSA) is 52.8 Å². The first-order chi connectivity index (χ1) is 15.8. The SMILES string of the molecule is CC1(C)CCCc2c1n[n-]c2-c1cccc(C(C)(C)c2ccccn2)n1.[Pt+2].[S-]c1ccccc1. The third kappa shape index (κ3) is 5.64. The minimum atomic E-state index is -0.267. The first-order valence-electron chi connectivity index (χ1n) is 11.4. The van der Waals surface area contributed by atoms with Crippen molar-refractivity contribution >= 4 is 12.6 Å². The molecule has 3 heterocycles. The Labute approximate surface area is 222 Å². The Hall–Kier alpha value is -2.36. The minimum Gasteiger partial charge on any atom is -0.780 e. The smallest absolute Gasteiger partial charge is 0.780 e. The number of hydrogen-bond acceptors (Lipinski definition) is 4. The van der Waals surface area contributed by atoms with E-state index in [1.807, 2.05) is 54.7 Å². The summed E-state index contributed by atoms with van der Waals surface area (Å²) in [6.07, 6.45) is 5.22. The Bertz CT molecular complexity index is 1200. The molecule has 3 aromatic heterocycles. The summed E-state index contributed by atoms with van der Waals surface area (Å²) < 4.78 is 0. The van der Waals surface area contributed by atoms with Crippen LogP contribution >= 0.6 is 0 Å². The van der Waals surface area contributed by atoms with E-state index in [1.165, 1.54) is 12.0 Å². The molecule has 4 aromatic rings. The van der Waals surface area contributed by atoms with Crippen LogP contribution in [0.5, 0.6) is 0 Å². The van der Waals surface area contributed by atoms with Gasteiger partial charge in [0.25, 0.3) is 0 Å². The summed E-state index contributed by atoms with van der Waals surface area (Å²) in [5.41, 5.74) is 6.14. The van der Waals surface area contributed by atoms with Gasteiger partial charge in [0.2, 0.25) is 0 Å². The second kappa shape index (κ2) is 10.9. The van der Waals surface area contributed by atoms with Gasteiger partial charge in [0.05, 0.1) is 17.1 Å². The van der Waals surface area contributed by atoms with E-state index in [9.17, 15) is 0 Å². The zero-order valence-electron chi connectivity index (χ0n) is 20.1. The Balaban J connectivity index is 0.000000350. The van der Waals surface area contributed by atoms with Crippen LogP contribution in [0, 0.1) is 0 Å². The van der Waals surface area contributed by atoms with Gasteiger partial charge in [-0.1, -0.05) is 62.0 Å². The van der Waals surface area contributed by atoms with E-state index in [1.54, 1.807) is 0 Å². The maximum absolute atomic E-state index is 4.98. The van der Waals surface area contributed by atoms with Gasteiger partial charge in [-0.25, -0.2) is 0 Å². The zero-order chi connectivity index (χ0) is 23.5. The van der Waals surface area contributed by atoms with Crippen LogP contribution in [0.25, 0.3) is 11.4 Å². The van der Waals surface area contributed by atoms with Gasteiger partial charge in [-0.3, -0.25) is 9.97 Å². The normalized spacial score (nSPS) is 14.2. The van der Waals surface area contributed by atoms with Crippen molar-refractivity contribution in [3.05, 3.63) is 95.6 Å².